The SMILES string of the molecule is CC(C)(C)c1ccc(Oc2ccc(N3C[C@H](C(=O)Nc4ccc5c(c4)oc4ccccc45)CC3=O)cc2)cc1. The number of para-hydroxylation sites is 1. The maximum Gasteiger partial charge on any atom is 0.229 e. The molecule has 2 amide bonds. The van der Waals surface area contributed by atoms with Crippen LogP contribution < -0.4 is 15.0 Å². The van der Waals surface area contributed by atoms with Crippen LogP contribution in [0.1, 0.15) is 32.8 Å². The molecule has 5 aromatic rings. The fourth-order valence-electron chi connectivity index (χ4n) is 5.03. The van der Waals surface area contributed by atoms with Crippen molar-refractivity contribution in [3.8, 4) is 11.5 Å². The number of amides is 2. The minimum Gasteiger partial charge on any atom is -0.457 e. The summed E-state index contributed by atoms with van der Waals surface area (Å²) < 4.78 is 11.9. The molecule has 1 saturated heterocycles. The lowest BCUT2D eigenvalue weighted by Gasteiger charge is -2.19. The molecule has 0 saturated carbocycles. The first kappa shape index (κ1) is 24.7. The molecule has 6 nitrogen and oxygen atoms in total. The Morgan fingerprint density at radius 1 is 0.872 bits per heavy atom. The van der Waals surface area contributed by atoms with Gasteiger partial charge in [0.25, 0.3) is 0 Å². The van der Waals surface area contributed by atoms with Crippen LogP contribution in [-0.2, 0) is 15.0 Å². The Hall–Kier alpha value is -4.58. The monoisotopic (exact) mass is 518 g/mol. The fraction of sp³-hybridized carbons (Fsp3) is 0.212. The topological polar surface area (TPSA) is 71.8 Å². The van der Waals surface area contributed by atoms with E-state index >= 15 is 0 Å². The van der Waals surface area contributed by atoms with Gasteiger partial charge < -0.3 is 19.4 Å². The van der Waals surface area contributed by atoms with Gasteiger partial charge in [-0.3, -0.25) is 9.59 Å². The highest BCUT2D eigenvalue weighted by Crippen LogP contribution is 2.32. The van der Waals surface area contributed by atoms with Crippen LogP contribution in [-0.4, -0.2) is 18.4 Å². The van der Waals surface area contributed by atoms with Gasteiger partial charge in [-0.25, -0.2) is 0 Å². The van der Waals surface area contributed by atoms with Crippen LogP contribution in [0.4, 0.5) is 11.4 Å². The van der Waals surface area contributed by atoms with Crippen molar-refractivity contribution in [2.75, 3.05) is 16.8 Å². The molecule has 4 aromatic carbocycles. The summed E-state index contributed by atoms with van der Waals surface area (Å²) in [6.07, 6.45) is 0.164. The first-order chi connectivity index (χ1) is 18.7. The van der Waals surface area contributed by atoms with Crippen LogP contribution in [0.15, 0.2) is 95.4 Å². The number of furan rings is 1. The molecule has 0 radical (unpaired) electrons. The number of carbonyl (C=O) groups excluding carboxylic acids is 2. The number of nitrogens with zero attached hydrogens (tertiary/aromatic N) is 1. The van der Waals surface area contributed by atoms with Gasteiger partial charge in [-0.05, 0) is 65.6 Å². The first-order valence-corrected chi connectivity index (χ1v) is 13.2. The van der Waals surface area contributed by atoms with Gasteiger partial charge in [-0.1, -0.05) is 51.1 Å². The van der Waals surface area contributed by atoms with Crippen LogP contribution in [0.3, 0.4) is 0 Å². The third-order valence-corrected chi connectivity index (χ3v) is 7.25. The van der Waals surface area contributed by atoms with Gasteiger partial charge in [0.2, 0.25) is 11.8 Å². The molecule has 39 heavy (non-hydrogen) atoms. The zero-order valence-electron chi connectivity index (χ0n) is 22.2. The summed E-state index contributed by atoms with van der Waals surface area (Å²) in [6, 6.07) is 29.0. The number of rotatable bonds is 5. The molecular weight excluding hydrogens is 488 g/mol. The number of hydrogen-bond acceptors (Lipinski definition) is 4. The van der Waals surface area contributed by atoms with Crippen molar-refractivity contribution >= 4 is 45.1 Å². The van der Waals surface area contributed by atoms with Gasteiger partial charge in [0, 0.05) is 41.2 Å². The number of nitrogens with one attached hydrogen (secondary N) is 1. The minimum absolute atomic E-state index is 0.0747. The summed E-state index contributed by atoms with van der Waals surface area (Å²) >= 11 is 0. The molecule has 1 atom stereocenters. The summed E-state index contributed by atoms with van der Waals surface area (Å²) in [5.74, 6) is 0.741. The van der Waals surface area contributed by atoms with E-state index in [1.807, 2.05) is 78.9 Å². The van der Waals surface area contributed by atoms with Crippen molar-refractivity contribution in [2.45, 2.75) is 32.6 Å². The molecule has 1 aliphatic heterocycles. The molecule has 1 fully saturated rings. The maximum absolute atomic E-state index is 13.0. The fourth-order valence-corrected chi connectivity index (χ4v) is 5.03. The molecule has 196 valence electrons. The quantitative estimate of drug-likeness (QED) is 0.259. The average molecular weight is 519 g/mol. The summed E-state index contributed by atoms with van der Waals surface area (Å²) in [5.41, 5.74) is 4.24. The van der Waals surface area contributed by atoms with E-state index in [1.54, 1.807) is 4.90 Å². The molecule has 1 N–H and O–H groups in total. The van der Waals surface area contributed by atoms with Crippen molar-refractivity contribution in [2.24, 2.45) is 5.92 Å². The highest BCUT2D eigenvalue weighted by Gasteiger charge is 2.35. The molecule has 0 spiro atoms. The van der Waals surface area contributed by atoms with E-state index in [9.17, 15) is 9.59 Å². The zero-order valence-corrected chi connectivity index (χ0v) is 22.2. The van der Waals surface area contributed by atoms with E-state index in [0.29, 0.717) is 23.6 Å². The molecule has 0 unspecified atom stereocenters. The van der Waals surface area contributed by atoms with Crippen molar-refractivity contribution in [1.82, 2.24) is 0 Å². The second-order valence-corrected chi connectivity index (χ2v) is 11.1. The molecule has 6 rings (SSSR count). The van der Waals surface area contributed by atoms with Gasteiger partial charge in [0.1, 0.15) is 22.7 Å². The van der Waals surface area contributed by atoms with Gasteiger partial charge in [0.15, 0.2) is 0 Å². The highest BCUT2D eigenvalue weighted by atomic mass is 16.5. The Morgan fingerprint density at radius 3 is 2.26 bits per heavy atom. The summed E-state index contributed by atoms with van der Waals surface area (Å²) in [7, 11) is 0. The van der Waals surface area contributed by atoms with Gasteiger partial charge in [-0.2, -0.15) is 0 Å². The lowest BCUT2D eigenvalue weighted by Crippen LogP contribution is -2.28. The zero-order chi connectivity index (χ0) is 27.1. The number of carbonyl (C=O) groups is 2. The van der Waals surface area contributed by atoms with E-state index in [0.717, 1.165) is 27.8 Å². The van der Waals surface area contributed by atoms with Crippen molar-refractivity contribution in [3.63, 3.8) is 0 Å². The number of ether oxygens (including phenoxy) is 1. The van der Waals surface area contributed by atoms with E-state index in [-0.39, 0.29) is 23.7 Å². The van der Waals surface area contributed by atoms with Crippen LogP contribution in [0, 0.1) is 5.92 Å². The second-order valence-electron chi connectivity index (χ2n) is 11.1. The number of hydrogen-bond donors (Lipinski definition) is 1. The van der Waals surface area contributed by atoms with Crippen LogP contribution in [0.5, 0.6) is 11.5 Å². The number of anilines is 2. The smallest absolute Gasteiger partial charge is 0.229 e. The van der Waals surface area contributed by atoms with Gasteiger partial charge in [0.05, 0.1) is 5.92 Å². The number of benzene rings is 4. The maximum atomic E-state index is 13.0. The Bertz CT molecular complexity index is 1680. The highest BCUT2D eigenvalue weighted by molar-refractivity contribution is 6.07. The van der Waals surface area contributed by atoms with Crippen LogP contribution >= 0.6 is 0 Å². The predicted octanol–water partition coefficient (Wildman–Crippen LogP) is 7.67. The predicted molar refractivity (Wildman–Crippen MR) is 154 cm³/mol. The molecule has 2 heterocycles. The standard InChI is InChI=1S/C33H30N2O4/c1-33(2,3)22-8-13-25(14-9-22)38-26-15-11-24(12-16-26)35-20-21(18-31(35)36)32(37)34-23-10-17-28-27-6-4-5-7-29(27)39-30(28)19-23/h4-17,19,21H,18,20H2,1-3H3,(H,34,37)/t21-/m1/s1. The summed E-state index contributed by atoms with van der Waals surface area (Å²) in [4.78, 5) is 27.5. The molecule has 1 aromatic heterocycles. The largest absolute Gasteiger partial charge is 0.457 e. The Labute approximate surface area is 227 Å². The van der Waals surface area contributed by atoms with E-state index in [4.69, 9.17) is 9.15 Å². The summed E-state index contributed by atoms with van der Waals surface area (Å²) in [6.45, 7) is 6.86. The van der Waals surface area contributed by atoms with Gasteiger partial charge in [-0.15, -0.1) is 0 Å². The van der Waals surface area contributed by atoms with E-state index < -0.39 is 5.92 Å². The summed E-state index contributed by atoms with van der Waals surface area (Å²) in [5, 5.41) is 5.00. The van der Waals surface area contributed by atoms with Crippen molar-refractivity contribution < 1.29 is 18.7 Å². The molecule has 6 heteroatoms. The van der Waals surface area contributed by atoms with Crippen molar-refractivity contribution in [3.05, 3.63) is 96.6 Å². The lowest BCUT2D eigenvalue weighted by molar-refractivity contribution is -0.122. The average Bonchev–Trinajstić information content (AvgIpc) is 3.49. The van der Waals surface area contributed by atoms with Gasteiger partial charge >= 0.3 is 0 Å². The van der Waals surface area contributed by atoms with E-state index in [1.165, 1.54) is 5.56 Å². The Kier molecular flexibility index (Phi) is 6.10. The normalized spacial score (nSPS) is 15.7. The Balaban J connectivity index is 1.10. The molecular formula is C33H30N2O4. The van der Waals surface area contributed by atoms with E-state index in [2.05, 4.69) is 38.2 Å². The second kappa shape index (κ2) is 9.62. The number of fused-ring (bicyclic) bond motifs is 3. The van der Waals surface area contributed by atoms with Crippen molar-refractivity contribution in [1.29, 1.82) is 0 Å². The molecule has 0 bridgehead atoms. The third-order valence-electron chi connectivity index (χ3n) is 7.25. The first-order valence-electron chi connectivity index (χ1n) is 13.2. The van der Waals surface area contributed by atoms with Crippen LogP contribution in [0.25, 0.3) is 21.9 Å². The third kappa shape index (κ3) is 4.98. The Morgan fingerprint density at radius 2 is 1.54 bits per heavy atom. The lowest BCUT2D eigenvalue weighted by atomic mass is 9.87. The molecule has 0 aliphatic carbocycles. The van der Waals surface area contributed by atoms with Crippen LogP contribution in [0.2, 0.25) is 0 Å². The minimum atomic E-state index is -0.443. The molecule has 1 aliphatic rings.